The Morgan fingerprint density at radius 3 is 2.94 bits per heavy atom. The molecular formula is C13H26N2O. The average Bonchev–Trinajstić information content (AvgIpc) is 2.79. The van der Waals surface area contributed by atoms with Crippen LogP contribution in [0.25, 0.3) is 0 Å². The van der Waals surface area contributed by atoms with Crippen molar-refractivity contribution in [3.8, 4) is 0 Å². The summed E-state index contributed by atoms with van der Waals surface area (Å²) in [7, 11) is 0. The summed E-state index contributed by atoms with van der Waals surface area (Å²) >= 11 is 0. The van der Waals surface area contributed by atoms with Crippen LogP contribution in [0.1, 0.15) is 39.0 Å². The number of hydrogen-bond acceptors (Lipinski definition) is 3. The summed E-state index contributed by atoms with van der Waals surface area (Å²) in [5.74, 6) is 0. The number of rotatable bonds is 4. The van der Waals surface area contributed by atoms with Crippen molar-refractivity contribution in [2.24, 2.45) is 11.1 Å². The number of piperidine rings is 1. The van der Waals surface area contributed by atoms with Crippen LogP contribution in [-0.4, -0.2) is 43.8 Å². The van der Waals surface area contributed by atoms with Crippen LogP contribution in [0.3, 0.4) is 0 Å². The van der Waals surface area contributed by atoms with Gasteiger partial charge in [0.25, 0.3) is 0 Å². The largest absolute Gasteiger partial charge is 0.381 e. The van der Waals surface area contributed by atoms with Crippen molar-refractivity contribution in [2.45, 2.75) is 45.1 Å². The van der Waals surface area contributed by atoms with E-state index in [9.17, 15) is 0 Å². The Hall–Kier alpha value is -0.120. The molecule has 0 radical (unpaired) electrons. The molecular weight excluding hydrogens is 200 g/mol. The van der Waals surface area contributed by atoms with E-state index in [0.29, 0.717) is 0 Å². The van der Waals surface area contributed by atoms with Gasteiger partial charge in [-0.2, -0.15) is 0 Å². The SMILES string of the molecule is CCC1CCCCN1CC1(CN)CCOC1. The molecule has 2 atom stereocenters. The lowest BCUT2D eigenvalue weighted by atomic mass is 9.85. The number of nitrogens with two attached hydrogens (primary N) is 1. The average molecular weight is 226 g/mol. The first-order chi connectivity index (χ1) is 7.79. The molecule has 2 rings (SSSR count). The zero-order chi connectivity index (χ0) is 11.4. The summed E-state index contributed by atoms with van der Waals surface area (Å²) in [6.45, 7) is 7.28. The summed E-state index contributed by atoms with van der Waals surface area (Å²) in [4.78, 5) is 2.67. The lowest BCUT2D eigenvalue weighted by Gasteiger charge is -2.40. The van der Waals surface area contributed by atoms with E-state index in [-0.39, 0.29) is 5.41 Å². The number of nitrogens with zero attached hydrogens (tertiary/aromatic N) is 1. The number of likely N-dealkylation sites (tertiary alicyclic amines) is 1. The van der Waals surface area contributed by atoms with Crippen LogP contribution in [0.4, 0.5) is 0 Å². The fraction of sp³-hybridized carbons (Fsp3) is 1.00. The standard InChI is InChI=1S/C13H26N2O/c1-2-12-5-3-4-7-15(12)10-13(9-14)6-8-16-11-13/h12H,2-11,14H2,1H3. The van der Waals surface area contributed by atoms with Gasteiger partial charge in [-0.05, 0) is 32.2 Å². The number of ether oxygens (including phenoxy) is 1. The minimum atomic E-state index is 0.255. The van der Waals surface area contributed by atoms with E-state index in [1.54, 1.807) is 0 Å². The Morgan fingerprint density at radius 2 is 2.31 bits per heavy atom. The molecule has 0 aromatic rings. The molecule has 3 nitrogen and oxygen atoms in total. The lowest BCUT2D eigenvalue weighted by molar-refractivity contribution is 0.0686. The second-order valence-electron chi connectivity index (χ2n) is 5.54. The molecule has 2 aliphatic rings. The Kier molecular flexibility index (Phi) is 4.22. The second-order valence-corrected chi connectivity index (χ2v) is 5.54. The summed E-state index contributed by atoms with van der Waals surface area (Å²) < 4.78 is 5.56. The van der Waals surface area contributed by atoms with Gasteiger partial charge in [0.1, 0.15) is 0 Å². The molecule has 94 valence electrons. The minimum Gasteiger partial charge on any atom is -0.381 e. The fourth-order valence-corrected chi connectivity index (χ4v) is 3.16. The molecule has 16 heavy (non-hydrogen) atoms. The molecule has 3 heteroatoms. The molecule has 0 aliphatic carbocycles. The van der Waals surface area contributed by atoms with Crippen LogP contribution in [0.2, 0.25) is 0 Å². The zero-order valence-corrected chi connectivity index (χ0v) is 10.6. The van der Waals surface area contributed by atoms with Gasteiger partial charge in [0.2, 0.25) is 0 Å². The highest BCUT2D eigenvalue weighted by Crippen LogP contribution is 2.31. The van der Waals surface area contributed by atoms with Crippen molar-refractivity contribution < 1.29 is 4.74 Å². The monoisotopic (exact) mass is 226 g/mol. The Balaban J connectivity index is 1.95. The van der Waals surface area contributed by atoms with Crippen LogP contribution in [-0.2, 0) is 4.74 Å². The molecule has 2 aliphatic heterocycles. The maximum absolute atomic E-state index is 5.97. The van der Waals surface area contributed by atoms with Crippen molar-refractivity contribution in [3.05, 3.63) is 0 Å². The first-order valence-corrected chi connectivity index (χ1v) is 6.81. The minimum absolute atomic E-state index is 0.255. The predicted octanol–water partition coefficient (Wildman–Crippen LogP) is 1.62. The first kappa shape index (κ1) is 12.3. The third kappa shape index (κ3) is 2.58. The third-order valence-corrected chi connectivity index (χ3v) is 4.38. The molecule has 0 spiro atoms. The Labute approximate surface area is 99.3 Å². The molecule has 0 bridgehead atoms. The highest BCUT2D eigenvalue weighted by molar-refractivity contribution is 4.90. The maximum Gasteiger partial charge on any atom is 0.0547 e. The van der Waals surface area contributed by atoms with E-state index >= 15 is 0 Å². The molecule has 2 heterocycles. The fourth-order valence-electron chi connectivity index (χ4n) is 3.16. The van der Waals surface area contributed by atoms with E-state index in [2.05, 4.69) is 11.8 Å². The van der Waals surface area contributed by atoms with Crippen LogP contribution in [0.15, 0.2) is 0 Å². The van der Waals surface area contributed by atoms with Gasteiger partial charge in [0, 0.05) is 31.2 Å². The topological polar surface area (TPSA) is 38.5 Å². The first-order valence-electron chi connectivity index (χ1n) is 6.81. The summed E-state index contributed by atoms with van der Waals surface area (Å²) in [6.07, 6.45) is 6.56. The molecule has 0 aromatic carbocycles. The zero-order valence-electron chi connectivity index (χ0n) is 10.6. The Morgan fingerprint density at radius 1 is 1.44 bits per heavy atom. The quantitative estimate of drug-likeness (QED) is 0.791. The van der Waals surface area contributed by atoms with Gasteiger partial charge in [-0.25, -0.2) is 0 Å². The van der Waals surface area contributed by atoms with Gasteiger partial charge in [-0.15, -0.1) is 0 Å². The van der Waals surface area contributed by atoms with E-state index in [0.717, 1.165) is 38.8 Å². The lowest BCUT2D eigenvalue weighted by Crippen LogP contribution is -2.48. The number of hydrogen-bond donors (Lipinski definition) is 1. The van der Waals surface area contributed by atoms with Crippen molar-refractivity contribution in [1.82, 2.24) is 4.90 Å². The van der Waals surface area contributed by atoms with Gasteiger partial charge < -0.3 is 10.5 Å². The van der Waals surface area contributed by atoms with Gasteiger partial charge in [0.05, 0.1) is 6.61 Å². The normalized spacial score (nSPS) is 36.8. The molecule has 0 aromatic heterocycles. The van der Waals surface area contributed by atoms with Crippen LogP contribution >= 0.6 is 0 Å². The maximum atomic E-state index is 5.97. The van der Waals surface area contributed by atoms with E-state index in [1.807, 2.05) is 0 Å². The summed E-state index contributed by atoms with van der Waals surface area (Å²) in [5, 5.41) is 0. The van der Waals surface area contributed by atoms with Gasteiger partial charge >= 0.3 is 0 Å². The van der Waals surface area contributed by atoms with Gasteiger partial charge in [-0.3, -0.25) is 4.90 Å². The summed E-state index contributed by atoms with van der Waals surface area (Å²) in [6, 6.07) is 0.790. The molecule has 0 amide bonds. The van der Waals surface area contributed by atoms with E-state index < -0.39 is 0 Å². The second kappa shape index (κ2) is 5.48. The van der Waals surface area contributed by atoms with Crippen molar-refractivity contribution in [1.29, 1.82) is 0 Å². The van der Waals surface area contributed by atoms with Crippen molar-refractivity contribution >= 4 is 0 Å². The van der Waals surface area contributed by atoms with Crippen molar-refractivity contribution in [2.75, 3.05) is 32.8 Å². The smallest absolute Gasteiger partial charge is 0.0547 e. The Bertz CT molecular complexity index is 214. The molecule has 2 unspecified atom stereocenters. The van der Waals surface area contributed by atoms with Crippen LogP contribution in [0.5, 0.6) is 0 Å². The highest BCUT2D eigenvalue weighted by Gasteiger charge is 2.37. The highest BCUT2D eigenvalue weighted by atomic mass is 16.5. The molecule has 0 saturated carbocycles. The van der Waals surface area contributed by atoms with Crippen LogP contribution in [0, 0.1) is 5.41 Å². The van der Waals surface area contributed by atoms with Crippen LogP contribution < -0.4 is 5.73 Å². The van der Waals surface area contributed by atoms with Crippen molar-refractivity contribution in [3.63, 3.8) is 0 Å². The van der Waals surface area contributed by atoms with Gasteiger partial charge in [-0.1, -0.05) is 13.3 Å². The van der Waals surface area contributed by atoms with Gasteiger partial charge in [0.15, 0.2) is 0 Å². The molecule has 2 saturated heterocycles. The van der Waals surface area contributed by atoms with E-state index in [1.165, 1.54) is 32.2 Å². The summed E-state index contributed by atoms with van der Waals surface area (Å²) in [5.41, 5.74) is 6.22. The molecule has 2 N–H and O–H groups in total. The molecule has 2 fully saturated rings. The predicted molar refractivity (Wildman–Crippen MR) is 66.4 cm³/mol. The van der Waals surface area contributed by atoms with E-state index in [4.69, 9.17) is 10.5 Å². The third-order valence-electron chi connectivity index (χ3n) is 4.38.